The standard InChI is InChI=1S/C41H72NO8P/c1-3-5-7-9-11-13-15-17-18-19-20-22-23-25-27-29-31-33-40(43)47-37-39(38-49-51(45,46)48-36-35-42)50-41(44)34-32-30-28-26-24-21-16-14-12-10-8-6-4-2/h7,9,13-16,18-19,22-23,39H,3-6,8,10-12,17,20-21,24-38,42H2,1-2H3,(H,45,46)/b9-7+,15-13+,16-14+,19-18+,23-22+/t39-/m1/s1. The number of phosphoric acid groups is 1. The molecule has 0 aromatic carbocycles. The molecule has 294 valence electrons. The predicted octanol–water partition coefficient (Wildman–Crippen LogP) is 10.9. The maximum absolute atomic E-state index is 12.5. The minimum atomic E-state index is -4.38. The molecule has 0 aromatic rings. The van der Waals surface area contributed by atoms with Crippen molar-refractivity contribution >= 4 is 19.8 Å². The molecule has 0 spiro atoms. The molecular weight excluding hydrogens is 665 g/mol. The third kappa shape index (κ3) is 37.3. The van der Waals surface area contributed by atoms with Crippen LogP contribution in [0.2, 0.25) is 0 Å². The minimum absolute atomic E-state index is 0.0449. The van der Waals surface area contributed by atoms with Crippen LogP contribution in [0.3, 0.4) is 0 Å². The van der Waals surface area contributed by atoms with E-state index >= 15 is 0 Å². The number of nitrogens with two attached hydrogens (primary N) is 1. The van der Waals surface area contributed by atoms with Crippen molar-refractivity contribution in [3.63, 3.8) is 0 Å². The average Bonchev–Trinajstić information content (AvgIpc) is 3.11. The summed E-state index contributed by atoms with van der Waals surface area (Å²) in [6.07, 6.45) is 42.5. The van der Waals surface area contributed by atoms with Crippen LogP contribution >= 0.6 is 7.82 Å². The molecule has 10 heteroatoms. The quantitative estimate of drug-likeness (QED) is 0.0279. The molecule has 0 aromatic heterocycles. The largest absolute Gasteiger partial charge is 0.472 e. The summed E-state index contributed by atoms with van der Waals surface area (Å²) in [5, 5.41) is 0. The van der Waals surface area contributed by atoms with E-state index in [1.807, 2.05) is 0 Å². The van der Waals surface area contributed by atoms with Crippen molar-refractivity contribution in [2.24, 2.45) is 5.73 Å². The second-order valence-corrected chi connectivity index (χ2v) is 14.2. The zero-order chi connectivity index (χ0) is 37.5. The third-order valence-electron chi connectivity index (χ3n) is 7.86. The van der Waals surface area contributed by atoms with Gasteiger partial charge in [-0.1, -0.05) is 126 Å². The van der Waals surface area contributed by atoms with Crippen molar-refractivity contribution in [3.05, 3.63) is 60.8 Å². The Morgan fingerprint density at radius 3 is 1.63 bits per heavy atom. The summed E-state index contributed by atoms with van der Waals surface area (Å²) in [7, 11) is -4.38. The first-order chi connectivity index (χ1) is 24.8. The predicted molar refractivity (Wildman–Crippen MR) is 210 cm³/mol. The van der Waals surface area contributed by atoms with Crippen molar-refractivity contribution in [2.45, 2.75) is 161 Å². The Kier molecular flexibility index (Phi) is 35.8. The first-order valence-corrected chi connectivity index (χ1v) is 21.3. The van der Waals surface area contributed by atoms with Crippen LogP contribution in [-0.4, -0.2) is 49.3 Å². The Morgan fingerprint density at radius 1 is 0.588 bits per heavy atom. The van der Waals surface area contributed by atoms with Gasteiger partial charge in [0.2, 0.25) is 0 Å². The van der Waals surface area contributed by atoms with Crippen molar-refractivity contribution in [2.75, 3.05) is 26.4 Å². The van der Waals surface area contributed by atoms with Crippen LogP contribution < -0.4 is 5.73 Å². The number of allylic oxidation sites excluding steroid dienone is 10. The maximum Gasteiger partial charge on any atom is 0.472 e. The van der Waals surface area contributed by atoms with Crippen LogP contribution in [0.1, 0.15) is 155 Å². The summed E-state index contributed by atoms with van der Waals surface area (Å²) in [6.45, 7) is 3.58. The summed E-state index contributed by atoms with van der Waals surface area (Å²) in [4.78, 5) is 34.7. The first-order valence-electron chi connectivity index (χ1n) is 19.8. The highest BCUT2D eigenvalue weighted by Crippen LogP contribution is 2.43. The number of ether oxygens (including phenoxy) is 2. The van der Waals surface area contributed by atoms with Gasteiger partial charge in [0.05, 0.1) is 13.2 Å². The Balaban J connectivity index is 4.29. The number of carbonyl (C=O) groups excluding carboxylic acids is 2. The smallest absolute Gasteiger partial charge is 0.462 e. The highest BCUT2D eigenvalue weighted by molar-refractivity contribution is 7.47. The highest BCUT2D eigenvalue weighted by Gasteiger charge is 2.25. The molecule has 3 N–H and O–H groups in total. The van der Waals surface area contributed by atoms with E-state index in [0.717, 1.165) is 83.5 Å². The van der Waals surface area contributed by atoms with Gasteiger partial charge in [-0.25, -0.2) is 4.57 Å². The van der Waals surface area contributed by atoms with Crippen molar-refractivity contribution in [1.82, 2.24) is 0 Å². The fraction of sp³-hybridized carbons (Fsp3) is 0.707. The molecule has 0 heterocycles. The molecule has 0 rings (SSSR count). The molecule has 0 amide bonds. The van der Waals surface area contributed by atoms with Gasteiger partial charge in [0.1, 0.15) is 6.61 Å². The second-order valence-electron chi connectivity index (χ2n) is 12.8. The van der Waals surface area contributed by atoms with Crippen molar-refractivity contribution in [1.29, 1.82) is 0 Å². The van der Waals surface area contributed by atoms with Gasteiger partial charge in [-0.3, -0.25) is 18.6 Å². The lowest BCUT2D eigenvalue weighted by Gasteiger charge is -2.19. The molecular formula is C41H72NO8P. The number of rotatable bonds is 36. The normalized spacial score (nSPS) is 14.0. The summed E-state index contributed by atoms with van der Waals surface area (Å²) < 4.78 is 32.6. The molecule has 2 atom stereocenters. The Labute approximate surface area is 310 Å². The zero-order valence-corrected chi connectivity index (χ0v) is 33.0. The number of hydrogen-bond acceptors (Lipinski definition) is 8. The fourth-order valence-corrected chi connectivity index (χ4v) is 5.68. The highest BCUT2D eigenvalue weighted by atomic mass is 31.2. The summed E-state index contributed by atoms with van der Waals surface area (Å²) in [6, 6.07) is 0. The molecule has 0 radical (unpaired) electrons. The Hall–Kier alpha value is -2.29. The summed E-state index contributed by atoms with van der Waals surface area (Å²) in [5.74, 6) is -0.881. The molecule has 9 nitrogen and oxygen atoms in total. The summed E-state index contributed by atoms with van der Waals surface area (Å²) in [5.41, 5.74) is 5.33. The van der Waals surface area contributed by atoms with Crippen molar-refractivity contribution < 1.29 is 37.6 Å². The van der Waals surface area contributed by atoms with Crippen molar-refractivity contribution in [3.8, 4) is 0 Å². The number of phosphoric ester groups is 1. The lowest BCUT2D eigenvalue weighted by molar-refractivity contribution is -0.161. The number of hydrogen-bond donors (Lipinski definition) is 2. The molecule has 0 saturated carbocycles. The van der Waals surface area contributed by atoms with Gasteiger partial charge in [-0.2, -0.15) is 0 Å². The third-order valence-corrected chi connectivity index (χ3v) is 8.84. The van der Waals surface area contributed by atoms with Gasteiger partial charge in [-0.05, 0) is 77.0 Å². The molecule has 0 saturated heterocycles. The monoisotopic (exact) mass is 737 g/mol. The van der Waals surface area contributed by atoms with Gasteiger partial charge < -0.3 is 20.1 Å². The lowest BCUT2D eigenvalue weighted by Crippen LogP contribution is -2.29. The maximum atomic E-state index is 12.5. The zero-order valence-electron chi connectivity index (χ0n) is 32.1. The van der Waals surface area contributed by atoms with Gasteiger partial charge in [0.25, 0.3) is 0 Å². The number of carbonyl (C=O) groups is 2. The van der Waals surface area contributed by atoms with E-state index < -0.39 is 32.5 Å². The Morgan fingerprint density at radius 2 is 1.06 bits per heavy atom. The van der Waals surface area contributed by atoms with E-state index in [-0.39, 0.29) is 32.6 Å². The lowest BCUT2D eigenvalue weighted by atomic mass is 10.1. The van der Waals surface area contributed by atoms with Gasteiger partial charge >= 0.3 is 19.8 Å². The van der Waals surface area contributed by atoms with Crippen LogP contribution in [0.5, 0.6) is 0 Å². The van der Waals surface area contributed by atoms with E-state index in [1.54, 1.807) is 0 Å². The van der Waals surface area contributed by atoms with E-state index in [0.29, 0.717) is 12.8 Å². The van der Waals surface area contributed by atoms with E-state index in [2.05, 4.69) is 74.6 Å². The van der Waals surface area contributed by atoms with Crippen LogP contribution in [0.25, 0.3) is 0 Å². The SMILES string of the molecule is CCC/C=C/C/C=C/C/C=C/C/C=C/CCCCCC(=O)OC[C@H](COP(=O)(O)OCCN)OC(=O)CCCCCCC/C=C/CCCCCC. The molecule has 0 aliphatic rings. The second kappa shape index (κ2) is 37.5. The van der Waals surface area contributed by atoms with Gasteiger partial charge in [-0.15, -0.1) is 0 Å². The van der Waals surface area contributed by atoms with E-state index in [9.17, 15) is 19.0 Å². The number of esters is 2. The molecule has 1 unspecified atom stereocenters. The summed E-state index contributed by atoms with van der Waals surface area (Å²) >= 11 is 0. The molecule has 0 fully saturated rings. The fourth-order valence-electron chi connectivity index (χ4n) is 4.91. The van der Waals surface area contributed by atoms with Crippen LogP contribution in [0.4, 0.5) is 0 Å². The molecule has 51 heavy (non-hydrogen) atoms. The Bertz CT molecular complexity index is 1020. The first kappa shape index (κ1) is 48.7. The van der Waals surface area contributed by atoms with E-state index in [4.69, 9.17) is 24.3 Å². The molecule has 0 aliphatic heterocycles. The van der Waals surface area contributed by atoms with Gasteiger partial charge in [0.15, 0.2) is 6.10 Å². The molecule has 0 bridgehead atoms. The van der Waals surface area contributed by atoms with Crippen LogP contribution in [0, 0.1) is 0 Å². The van der Waals surface area contributed by atoms with Crippen LogP contribution in [-0.2, 0) is 32.7 Å². The minimum Gasteiger partial charge on any atom is -0.462 e. The molecule has 0 aliphatic carbocycles. The average molecular weight is 738 g/mol. The van der Waals surface area contributed by atoms with E-state index in [1.165, 1.54) is 32.1 Å². The number of unbranched alkanes of at least 4 members (excludes halogenated alkanes) is 13. The van der Waals surface area contributed by atoms with Crippen LogP contribution in [0.15, 0.2) is 60.8 Å². The topological polar surface area (TPSA) is 134 Å². The van der Waals surface area contributed by atoms with Gasteiger partial charge in [0, 0.05) is 19.4 Å².